The third-order valence-electron chi connectivity index (χ3n) is 1.88. The zero-order chi connectivity index (χ0) is 11.3. The van der Waals surface area contributed by atoms with Gasteiger partial charge in [0.25, 0.3) is 0 Å². The second-order valence-electron chi connectivity index (χ2n) is 2.95. The van der Waals surface area contributed by atoms with Gasteiger partial charge in [0.2, 0.25) is 0 Å². The molecule has 0 spiro atoms. The molecule has 1 rings (SSSR count). The minimum absolute atomic E-state index is 0.114. The molecule has 0 aliphatic carbocycles. The minimum Gasteiger partial charge on any atom is -0.224 e. The molecular formula is C10H11NO2S2. The fourth-order valence-corrected chi connectivity index (χ4v) is 3.44. The van der Waals surface area contributed by atoms with Crippen LogP contribution in [0.5, 0.6) is 0 Å². The molecule has 0 heterocycles. The maximum Gasteiger partial charge on any atom is 0.179 e. The summed E-state index contributed by atoms with van der Waals surface area (Å²) in [4.78, 5) is 0.232. The van der Waals surface area contributed by atoms with Crippen molar-refractivity contribution in [2.45, 2.75) is 4.90 Å². The van der Waals surface area contributed by atoms with E-state index in [0.29, 0.717) is 11.3 Å². The first kappa shape index (κ1) is 12.1. The second-order valence-corrected chi connectivity index (χ2v) is 6.05. The molecule has 0 atom stereocenters. The van der Waals surface area contributed by atoms with E-state index in [1.54, 1.807) is 12.1 Å². The van der Waals surface area contributed by atoms with Gasteiger partial charge in [-0.15, -0.1) is 0 Å². The maximum atomic E-state index is 11.7. The molecule has 0 aliphatic rings. The summed E-state index contributed by atoms with van der Waals surface area (Å²) in [7, 11) is -3.23. The van der Waals surface area contributed by atoms with Gasteiger partial charge in [0.15, 0.2) is 9.84 Å². The lowest BCUT2D eigenvalue weighted by molar-refractivity contribution is 0.597. The zero-order valence-electron chi connectivity index (χ0n) is 8.30. The maximum absolute atomic E-state index is 11.7. The van der Waals surface area contributed by atoms with Crippen LogP contribution in [-0.2, 0) is 9.84 Å². The van der Waals surface area contributed by atoms with E-state index < -0.39 is 9.84 Å². The van der Waals surface area contributed by atoms with E-state index in [1.807, 2.05) is 12.3 Å². The number of nitrogens with zero attached hydrogens (tertiary/aromatic N) is 1. The third kappa shape index (κ3) is 3.26. The fourth-order valence-electron chi connectivity index (χ4n) is 1.07. The van der Waals surface area contributed by atoms with E-state index in [2.05, 4.69) is 0 Å². The molecule has 0 aliphatic heterocycles. The van der Waals surface area contributed by atoms with E-state index >= 15 is 0 Å². The predicted molar refractivity (Wildman–Crippen MR) is 61.6 cm³/mol. The molecule has 1 aromatic carbocycles. The topological polar surface area (TPSA) is 57.9 Å². The quantitative estimate of drug-likeness (QED) is 0.805. The molecule has 0 bridgehead atoms. The summed E-state index contributed by atoms with van der Waals surface area (Å²) in [6.07, 6.45) is 1.86. The number of benzene rings is 1. The molecule has 0 unspecified atom stereocenters. The zero-order valence-corrected chi connectivity index (χ0v) is 9.94. The van der Waals surface area contributed by atoms with Gasteiger partial charge in [0, 0.05) is 5.75 Å². The predicted octanol–water partition coefficient (Wildman–Crippen LogP) is 1.69. The van der Waals surface area contributed by atoms with Crippen LogP contribution in [0.3, 0.4) is 0 Å². The largest absolute Gasteiger partial charge is 0.224 e. The van der Waals surface area contributed by atoms with Crippen LogP contribution in [0.1, 0.15) is 5.56 Å². The molecule has 0 aromatic heterocycles. The molecule has 0 radical (unpaired) electrons. The molecule has 3 nitrogen and oxygen atoms in total. The van der Waals surface area contributed by atoms with Crippen molar-refractivity contribution in [3.63, 3.8) is 0 Å². The summed E-state index contributed by atoms with van der Waals surface area (Å²) in [5, 5.41) is 8.65. The highest BCUT2D eigenvalue weighted by Gasteiger charge is 2.13. The highest BCUT2D eigenvalue weighted by atomic mass is 32.2. The first-order valence-corrected chi connectivity index (χ1v) is 7.36. The Hall–Kier alpha value is -0.990. The van der Waals surface area contributed by atoms with Crippen LogP contribution in [0.2, 0.25) is 0 Å². The van der Waals surface area contributed by atoms with Gasteiger partial charge in [-0.05, 0) is 24.5 Å². The van der Waals surface area contributed by atoms with Gasteiger partial charge in [0.05, 0.1) is 22.3 Å². The molecular weight excluding hydrogens is 230 g/mol. The van der Waals surface area contributed by atoms with Crippen LogP contribution in [0.25, 0.3) is 0 Å². The van der Waals surface area contributed by atoms with Gasteiger partial charge in [-0.25, -0.2) is 8.42 Å². The van der Waals surface area contributed by atoms with Crippen LogP contribution in [-0.4, -0.2) is 26.2 Å². The van der Waals surface area contributed by atoms with E-state index in [1.165, 1.54) is 23.9 Å². The Morgan fingerprint density at radius 1 is 1.47 bits per heavy atom. The summed E-state index contributed by atoms with van der Waals surface area (Å²) < 4.78 is 23.5. The van der Waals surface area contributed by atoms with Gasteiger partial charge in [-0.3, -0.25) is 0 Å². The minimum atomic E-state index is -3.23. The van der Waals surface area contributed by atoms with Gasteiger partial charge < -0.3 is 0 Å². The summed E-state index contributed by atoms with van der Waals surface area (Å²) in [5.74, 6) is 0.683. The lowest BCUT2D eigenvalue weighted by Gasteiger charge is -2.03. The molecule has 0 saturated carbocycles. The molecule has 5 heteroatoms. The molecule has 0 fully saturated rings. The first-order valence-electron chi connectivity index (χ1n) is 4.32. The second kappa shape index (κ2) is 5.19. The van der Waals surface area contributed by atoms with Crippen molar-refractivity contribution in [2.24, 2.45) is 0 Å². The van der Waals surface area contributed by atoms with Crippen LogP contribution in [0, 0.1) is 11.3 Å². The Balaban J connectivity index is 3.01. The Bertz CT molecular complexity index is 474. The van der Waals surface area contributed by atoms with Gasteiger partial charge in [-0.2, -0.15) is 17.0 Å². The third-order valence-corrected chi connectivity index (χ3v) is 4.46. The summed E-state index contributed by atoms with van der Waals surface area (Å²) in [5.41, 5.74) is 0.375. The molecule has 0 saturated heterocycles. The van der Waals surface area contributed by atoms with Crippen molar-refractivity contribution in [1.29, 1.82) is 5.26 Å². The van der Waals surface area contributed by atoms with Gasteiger partial charge in [0.1, 0.15) is 0 Å². The Morgan fingerprint density at radius 3 is 2.80 bits per heavy atom. The Kier molecular flexibility index (Phi) is 4.18. The van der Waals surface area contributed by atoms with E-state index in [-0.39, 0.29) is 10.6 Å². The van der Waals surface area contributed by atoms with Crippen molar-refractivity contribution < 1.29 is 8.42 Å². The normalized spacial score (nSPS) is 10.9. The highest BCUT2D eigenvalue weighted by Crippen LogP contribution is 2.13. The summed E-state index contributed by atoms with van der Waals surface area (Å²) in [6.45, 7) is 0. The van der Waals surface area contributed by atoms with Crippen molar-refractivity contribution in [2.75, 3.05) is 17.8 Å². The van der Waals surface area contributed by atoms with Crippen molar-refractivity contribution in [3.05, 3.63) is 29.8 Å². The smallest absolute Gasteiger partial charge is 0.179 e. The Labute approximate surface area is 94.0 Å². The van der Waals surface area contributed by atoms with Crippen molar-refractivity contribution in [1.82, 2.24) is 0 Å². The molecule has 15 heavy (non-hydrogen) atoms. The average Bonchev–Trinajstić information content (AvgIpc) is 2.26. The SMILES string of the molecule is CSCCS(=O)(=O)c1cccc(C#N)c1. The fraction of sp³-hybridized carbons (Fsp3) is 0.300. The van der Waals surface area contributed by atoms with Crippen LogP contribution < -0.4 is 0 Å². The molecule has 0 N–H and O–H groups in total. The number of sulfone groups is 1. The van der Waals surface area contributed by atoms with Crippen molar-refractivity contribution >= 4 is 21.6 Å². The van der Waals surface area contributed by atoms with E-state index in [4.69, 9.17) is 5.26 Å². The highest BCUT2D eigenvalue weighted by molar-refractivity contribution is 8.00. The van der Waals surface area contributed by atoms with E-state index in [0.717, 1.165) is 0 Å². The number of hydrogen-bond acceptors (Lipinski definition) is 4. The molecule has 1 aromatic rings. The molecule has 80 valence electrons. The van der Waals surface area contributed by atoms with E-state index in [9.17, 15) is 8.42 Å². The lowest BCUT2D eigenvalue weighted by atomic mass is 10.2. The summed E-state index contributed by atoms with van der Waals surface area (Å²) >= 11 is 1.49. The molecule has 0 amide bonds. The summed E-state index contributed by atoms with van der Waals surface area (Å²) in [6, 6.07) is 8.04. The van der Waals surface area contributed by atoms with Gasteiger partial charge in [-0.1, -0.05) is 6.07 Å². The number of rotatable bonds is 4. The number of nitriles is 1. The number of thioether (sulfide) groups is 1. The standard InChI is InChI=1S/C10H11NO2S2/c1-14-5-6-15(12,13)10-4-2-3-9(7-10)8-11/h2-4,7H,5-6H2,1H3. The first-order chi connectivity index (χ1) is 7.10. The monoisotopic (exact) mass is 241 g/mol. The van der Waals surface area contributed by atoms with Crippen LogP contribution in [0.15, 0.2) is 29.2 Å². The van der Waals surface area contributed by atoms with Crippen LogP contribution in [0.4, 0.5) is 0 Å². The van der Waals surface area contributed by atoms with Crippen LogP contribution >= 0.6 is 11.8 Å². The average molecular weight is 241 g/mol. The number of hydrogen-bond donors (Lipinski definition) is 0. The Morgan fingerprint density at radius 2 is 2.20 bits per heavy atom. The van der Waals surface area contributed by atoms with Gasteiger partial charge >= 0.3 is 0 Å². The lowest BCUT2D eigenvalue weighted by Crippen LogP contribution is -2.08. The van der Waals surface area contributed by atoms with Crippen molar-refractivity contribution in [3.8, 4) is 6.07 Å².